The molecule has 2 aliphatic rings. The van der Waals surface area contributed by atoms with Gasteiger partial charge in [-0.05, 0) is 56.4 Å². The van der Waals surface area contributed by atoms with Crippen LogP contribution in [0.25, 0.3) is 0 Å². The van der Waals surface area contributed by atoms with E-state index in [1.165, 1.54) is 13.2 Å². The second-order valence-electron chi connectivity index (χ2n) is 7.83. The van der Waals surface area contributed by atoms with Gasteiger partial charge in [0.25, 0.3) is 5.91 Å². The highest BCUT2D eigenvalue weighted by molar-refractivity contribution is 7.89. The summed E-state index contributed by atoms with van der Waals surface area (Å²) in [6.45, 7) is 2.70. The van der Waals surface area contributed by atoms with E-state index in [1.54, 1.807) is 12.1 Å². The molecule has 1 saturated heterocycles. The number of aryl methyl sites for hydroxylation is 1. The fraction of sp³-hybridized carbons (Fsp3) is 0.409. The van der Waals surface area contributed by atoms with Gasteiger partial charge in [0.15, 0.2) is 0 Å². The van der Waals surface area contributed by atoms with Gasteiger partial charge in [-0.25, -0.2) is 13.1 Å². The van der Waals surface area contributed by atoms with Crippen molar-refractivity contribution >= 4 is 15.9 Å². The number of rotatable bonds is 6. The summed E-state index contributed by atoms with van der Waals surface area (Å²) in [5.41, 5.74) is 2.64. The van der Waals surface area contributed by atoms with Gasteiger partial charge in [0.05, 0.1) is 13.2 Å². The molecule has 29 heavy (non-hydrogen) atoms. The zero-order valence-corrected chi connectivity index (χ0v) is 17.5. The zero-order chi connectivity index (χ0) is 20.6. The summed E-state index contributed by atoms with van der Waals surface area (Å²) < 4.78 is 33.4. The third-order valence-corrected chi connectivity index (χ3v) is 7.08. The topological polar surface area (TPSA) is 75.7 Å². The highest BCUT2D eigenvalue weighted by atomic mass is 32.2. The molecule has 154 valence electrons. The first-order chi connectivity index (χ1) is 13.9. The van der Waals surface area contributed by atoms with E-state index < -0.39 is 10.0 Å². The molecule has 2 aromatic rings. The van der Waals surface area contributed by atoms with Crippen molar-refractivity contribution in [2.45, 2.75) is 49.6 Å². The number of carbonyl (C=O) groups is 1. The Morgan fingerprint density at radius 2 is 1.93 bits per heavy atom. The molecule has 4 rings (SSSR count). The number of hydrogen-bond acceptors (Lipinski definition) is 4. The lowest BCUT2D eigenvalue weighted by Gasteiger charge is -2.26. The first-order valence-corrected chi connectivity index (χ1v) is 11.5. The van der Waals surface area contributed by atoms with Crippen LogP contribution in [0.15, 0.2) is 47.4 Å². The maximum Gasteiger partial charge on any atom is 0.254 e. The number of methoxy groups -OCH3 is 1. The Morgan fingerprint density at radius 3 is 2.62 bits per heavy atom. The molecule has 6 nitrogen and oxygen atoms in total. The van der Waals surface area contributed by atoms with Gasteiger partial charge in [-0.3, -0.25) is 4.79 Å². The molecule has 1 unspecified atom stereocenters. The van der Waals surface area contributed by atoms with Crippen molar-refractivity contribution < 1.29 is 17.9 Å². The van der Waals surface area contributed by atoms with E-state index in [1.807, 2.05) is 30.0 Å². The van der Waals surface area contributed by atoms with E-state index in [9.17, 15) is 13.2 Å². The molecule has 1 aliphatic carbocycles. The van der Waals surface area contributed by atoms with Crippen LogP contribution >= 0.6 is 0 Å². The molecule has 1 heterocycles. The van der Waals surface area contributed by atoms with Crippen LogP contribution in [-0.4, -0.2) is 38.9 Å². The van der Waals surface area contributed by atoms with Crippen LogP contribution in [0.2, 0.25) is 0 Å². The van der Waals surface area contributed by atoms with Crippen LogP contribution in [0.3, 0.4) is 0 Å². The van der Waals surface area contributed by atoms with E-state index in [-0.39, 0.29) is 28.6 Å². The minimum atomic E-state index is -3.74. The van der Waals surface area contributed by atoms with E-state index in [0.29, 0.717) is 12.1 Å². The van der Waals surface area contributed by atoms with Gasteiger partial charge in [0.2, 0.25) is 10.0 Å². The van der Waals surface area contributed by atoms with Gasteiger partial charge in [-0.1, -0.05) is 29.8 Å². The number of nitrogens with zero attached hydrogens (tertiary/aromatic N) is 1. The van der Waals surface area contributed by atoms with Crippen LogP contribution in [0.1, 0.15) is 53.2 Å². The van der Waals surface area contributed by atoms with Crippen molar-refractivity contribution in [1.29, 1.82) is 0 Å². The third-order valence-electron chi connectivity index (χ3n) is 5.54. The number of benzene rings is 2. The van der Waals surface area contributed by atoms with Gasteiger partial charge in [0, 0.05) is 18.2 Å². The number of carbonyl (C=O) groups excluding carboxylic acids is 1. The summed E-state index contributed by atoms with van der Waals surface area (Å²) in [4.78, 5) is 15.2. The Hall–Kier alpha value is -2.38. The second kappa shape index (κ2) is 7.80. The lowest BCUT2D eigenvalue weighted by molar-refractivity contribution is 0.0735. The molecular formula is C22H26N2O4S. The molecular weight excluding hydrogens is 388 g/mol. The van der Waals surface area contributed by atoms with Crippen LogP contribution in [-0.2, 0) is 10.0 Å². The lowest BCUT2D eigenvalue weighted by atomic mass is 10.0. The third kappa shape index (κ3) is 4.16. The first-order valence-electron chi connectivity index (χ1n) is 9.97. The number of hydrogen-bond donors (Lipinski definition) is 1. The SMILES string of the molecule is COc1ccc(C(=O)N2CCCC2c2cccc(C)c2)cc1S(=O)(=O)NC1CC1. The first kappa shape index (κ1) is 19.9. The van der Waals surface area contributed by atoms with Crippen LogP contribution in [0.5, 0.6) is 5.75 Å². The van der Waals surface area contributed by atoms with Gasteiger partial charge in [0.1, 0.15) is 10.6 Å². The summed E-state index contributed by atoms with van der Waals surface area (Å²) >= 11 is 0. The molecule has 2 fully saturated rings. The molecule has 2 aromatic carbocycles. The molecule has 0 bridgehead atoms. The number of likely N-dealkylation sites (tertiary alicyclic amines) is 1. The molecule has 1 atom stereocenters. The molecule has 1 aliphatic heterocycles. The molecule has 1 amide bonds. The highest BCUT2D eigenvalue weighted by Crippen LogP contribution is 2.35. The molecule has 1 N–H and O–H groups in total. The van der Waals surface area contributed by atoms with Gasteiger partial charge >= 0.3 is 0 Å². The Morgan fingerprint density at radius 1 is 1.14 bits per heavy atom. The van der Waals surface area contributed by atoms with Crippen molar-refractivity contribution in [3.63, 3.8) is 0 Å². The van der Waals surface area contributed by atoms with Crippen molar-refractivity contribution in [1.82, 2.24) is 9.62 Å². The summed E-state index contributed by atoms with van der Waals surface area (Å²) in [5, 5.41) is 0. The zero-order valence-electron chi connectivity index (χ0n) is 16.7. The van der Waals surface area contributed by atoms with Crippen LogP contribution in [0, 0.1) is 6.92 Å². The van der Waals surface area contributed by atoms with Gasteiger partial charge in [-0.2, -0.15) is 0 Å². The van der Waals surface area contributed by atoms with Crippen molar-refractivity contribution in [2.75, 3.05) is 13.7 Å². The monoisotopic (exact) mass is 414 g/mol. The fourth-order valence-electron chi connectivity index (χ4n) is 3.90. The lowest BCUT2D eigenvalue weighted by Crippen LogP contribution is -2.31. The number of amides is 1. The van der Waals surface area contributed by atoms with E-state index >= 15 is 0 Å². The Kier molecular flexibility index (Phi) is 5.36. The summed E-state index contributed by atoms with van der Waals surface area (Å²) in [6.07, 6.45) is 3.51. The maximum atomic E-state index is 13.3. The molecule has 0 radical (unpaired) electrons. The second-order valence-corrected chi connectivity index (χ2v) is 9.51. The largest absolute Gasteiger partial charge is 0.495 e. The van der Waals surface area contributed by atoms with Crippen molar-refractivity contribution in [3.05, 3.63) is 59.2 Å². The molecule has 0 aromatic heterocycles. The fourth-order valence-corrected chi connectivity index (χ4v) is 5.40. The normalized spacial score (nSPS) is 19.4. The number of nitrogens with one attached hydrogen (secondary N) is 1. The van der Waals surface area contributed by atoms with Gasteiger partial charge < -0.3 is 9.64 Å². The standard InChI is InChI=1S/C22H26N2O4S/c1-15-5-3-6-16(13-15)19-7-4-12-24(19)22(25)17-8-11-20(28-2)21(14-17)29(26,27)23-18-9-10-18/h3,5-6,8,11,13-14,18-19,23H,4,7,9-10,12H2,1-2H3. The minimum absolute atomic E-state index is 0.00847. The van der Waals surface area contributed by atoms with E-state index in [2.05, 4.69) is 10.8 Å². The van der Waals surface area contributed by atoms with Crippen molar-refractivity contribution in [3.8, 4) is 5.75 Å². The average Bonchev–Trinajstić information content (AvgIpc) is 3.37. The molecule has 7 heteroatoms. The summed E-state index contributed by atoms with van der Waals surface area (Å²) in [6, 6.07) is 12.8. The van der Waals surface area contributed by atoms with Crippen LogP contribution in [0.4, 0.5) is 0 Å². The molecule has 0 spiro atoms. The summed E-state index contributed by atoms with van der Waals surface area (Å²) in [5.74, 6) is 0.0888. The van der Waals surface area contributed by atoms with E-state index in [4.69, 9.17) is 4.74 Å². The predicted octanol–water partition coefficient (Wildman–Crippen LogP) is 3.42. The average molecular weight is 415 g/mol. The highest BCUT2D eigenvalue weighted by Gasteiger charge is 2.33. The summed E-state index contributed by atoms with van der Waals surface area (Å²) in [7, 11) is -2.30. The van der Waals surface area contributed by atoms with Crippen molar-refractivity contribution in [2.24, 2.45) is 0 Å². The van der Waals surface area contributed by atoms with E-state index in [0.717, 1.165) is 36.8 Å². The Balaban J connectivity index is 1.65. The minimum Gasteiger partial charge on any atom is -0.495 e. The predicted molar refractivity (Wildman–Crippen MR) is 111 cm³/mol. The smallest absolute Gasteiger partial charge is 0.254 e. The molecule has 1 saturated carbocycles. The maximum absolute atomic E-state index is 13.3. The van der Waals surface area contributed by atoms with Gasteiger partial charge in [-0.15, -0.1) is 0 Å². The van der Waals surface area contributed by atoms with Crippen LogP contribution < -0.4 is 9.46 Å². The Bertz CT molecular complexity index is 1030. The number of sulfonamides is 1. The quantitative estimate of drug-likeness (QED) is 0.786. The number of ether oxygens (including phenoxy) is 1. The Labute approximate surface area is 171 Å².